The molecule has 1 atom stereocenters. The quantitative estimate of drug-likeness (QED) is 0.840. The monoisotopic (exact) mass is 275 g/mol. The number of rotatable bonds is 3. The van der Waals surface area contributed by atoms with Crippen molar-refractivity contribution in [1.82, 2.24) is 4.90 Å². The van der Waals surface area contributed by atoms with Gasteiger partial charge in [0, 0.05) is 18.0 Å². The molecule has 0 saturated carbocycles. The summed E-state index contributed by atoms with van der Waals surface area (Å²) in [5.74, 6) is 2.40. The van der Waals surface area contributed by atoms with Gasteiger partial charge in [0.15, 0.2) is 0 Å². The SMILES string of the molecule is Fc1ccc(OCC2CN3CCC2CC3)c2c1CCC2. The van der Waals surface area contributed by atoms with Gasteiger partial charge in [-0.25, -0.2) is 4.39 Å². The van der Waals surface area contributed by atoms with Crippen LogP contribution in [0.15, 0.2) is 12.1 Å². The highest BCUT2D eigenvalue weighted by atomic mass is 19.1. The second-order valence-corrected chi connectivity index (χ2v) is 6.57. The summed E-state index contributed by atoms with van der Waals surface area (Å²) in [5.41, 5.74) is 2.03. The van der Waals surface area contributed by atoms with Gasteiger partial charge in [0.05, 0.1) is 6.61 Å². The largest absolute Gasteiger partial charge is 0.493 e. The first-order chi connectivity index (χ1) is 9.81. The number of benzene rings is 1. The smallest absolute Gasteiger partial charge is 0.126 e. The van der Waals surface area contributed by atoms with Crippen molar-refractivity contribution in [2.75, 3.05) is 26.2 Å². The van der Waals surface area contributed by atoms with Gasteiger partial charge in [0.1, 0.15) is 11.6 Å². The number of halogens is 1. The van der Waals surface area contributed by atoms with E-state index < -0.39 is 0 Å². The topological polar surface area (TPSA) is 12.5 Å². The van der Waals surface area contributed by atoms with Crippen LogP contribution in [0.2, 0.25) is 0 Å². The normalized spacial score (nSPS) is 31.4. The minimum absolute atomic E-state index is 0.0484. The first-order valence-electron chi connectivity index (χ1n) is 7.96. The van der Waals surface area contributed by atoms with Crippen molar-refractivity contribution in [3.63, 3.8) is 0 Å². The van der Waals surface area contributed by atoms with Crippen molar-refractivity contribution in [1.29, 1.82) is 0 Å². The average Bonchev–Trinajstić information content (AvgIpc) is 2.98. The van der Waals surface area contributed by atoms with Crippen LogP contribution in [0.25, 0.3) is 0 Å². The lowest BCUT2D eigenvalue weighted by molar-refractivity contribution is 0.0255. The van der Waals surface area contributed by atoms with Gasteiger partial charge in [-0.1, -0.05) is 0 Å². The van der Waals surface area contributed by atoms with Crippen molar-refractivity contribution in [3.05, 3.63) is 29.1 Å². The number of hydrogen-bond acceptors (Lipinski definition) is 2. The lowest BCUT2D eigenvalue weighted by Crippen LogP contribution is -2.49. The highest BCUT2D eigenvalue weighted by Crippen LogP contribution is 2.35. The van der Waals surface area contributed by atoms with E-state index in [1.54, 1.807) is 6.07 Å². The Bertz CT molecular complexity index is 508. The molecule has 0 radical (unpaired) electrons. The van der Waals surface area contributed by atoms with Gasteiger partial charge < -0.3 is 9.64 Å². The Kier molecular flexibility index (Phi) is 3.18. The maximum Gasteiger partial charge on any atom is 0.126 e. The maximum absolute atomic E-state index is 13.7. The Morgan fingerprint density at radius 3 is 2.70 bits per heavy atom. The summed E-state index contributed by atoms with van der Waals surface area (Å²) in [5, 5.41) is 0. The zero-order valence-corrected chi connectivity index (χ0v) is 11.9. The van der Waals surface area contributed by atoms with Crippen LogP contribution >= 0.6 is 0 Å². The zero-order valence-electron chi connectivity index (χ0n) is 11.9. The van der Waals surface area contributed by atoms with Crippen molar-refractivity contribution >= 4 is 0 Å². The van der Waals surface area contributed by atoms with Crippen LogP contribution in [0.1, 0.15) is 30.4 Å². The van der Waals surface area contributed by atoms with Gasteiger partial charge in [-0.2, -0.15) is 0 Å². The summed E-state index contributed by atoms with van der Waals surface area (Å²) in [6.07, 6.45) is 5.57. The van der Waals surface area contributed by atoms with Crippen molar-refractivity contribution < 1.29 is 9.13 Å². The third kappa shape index (κ3) is 2.12. The Hall–Kier alpha value is -1.09. The fourth-order valence-electron chi connectivity index (χ4n) is 4.24. The highest BCUT2D eigenvalue weighted by molar-refractivity contribution is 5.43. The number of ether oxygens (including phenoxy) is 1. The van der Waals surface area contributed by atoms with E-state index >= 15 is 0 Å². The third-order valence-electron chi connectivity index (χ3n) is 5.43. The summed E-state index contributed by atoms with van der Waals surface area (Å²) < 4.78 is 19.8. The lowest BCUT2D eigenvalue weighted by Gasteiger charge is -2.44. The van der Waals surface area contributed by atoms with Gasteiger partial charge in [0.2, 0.25) is 0 Å². The first-order valence-corrected chi connectivity index (χ1v) is 7.96. The van der Waals surface area contributed by atoms with Crippen LogP contribution in [-0.4, -0.2) is 31.1 Å². The second kappa shape index (κ2) is 5.03. The summed E-state index contributed by atoms with van der Waals surface area (Å²) >= 11 is 0. The van der Waals surface area contributed by atoms with Gasteiger partial charge in [-0.05, 0) is 68.8 Å². The van der Waals surface area contributed by atoms with E-state index in [-0.39, 0.29) is 5.82 Å². The molecule has 3 fully saturated rings. The fourth-order valence-corrected chi connectivity index (χ4v) is 4.24. The molecule has 1 aromatic carbocycles. The molecule has 2 nitrogen and oxygen atoms in total. The minimum Gasteiger partial charge on any atom is -0.493 e. The predicted octanol–water partition coefficient (Wildman–Crippen LogP) is 3.04. The maximum atomic E-state index is 13.7. The predicted molar refractivity (Wildman–Crippen MR) is 76.6 cm³/mol. The molecule has 108 valence electrons. The molecule has 20 heavy (non-hydrogen) atoms. The summed E-state index contributed by atoms with van der Waals surface area (Å²) in [7, 11) is 0. The van der Waals surface area contributed by atoms with Crippen LogP contribution in [-0.2, 0) is 12.8 Å². The lowest BCUT2D eigenvalue weighted by atomic mass is 9.79. The molecular formula is C17H22FNO. The Morgan fingerprint density at radius 2 is 1.95 bits per heavy atom. The second-order valence-electron chi connectivity index (χ2n) is 6.57. The zero-order chi connectivity index (χ0) is 13.5. The molecule has 3 aliphatic heterocycles. The summed E-state index contributed by atoms with van der Waals surface area (Å²) in [6, 6.07) is 3.41. The number of nitrogens with zero attached hydrogens (tertiary/aromatic N) is 1. The van der Waals surface area contributed by atoms with Gasteiger partial charge in [-0.3, -0.25) is 0 Å². The molecule has 4 aliphatic rings. The Balaban J connectivity index is 1.46. The minimum atomic E-state index is -0.0484. The molecule has 0 N–H and O–H groups in total. The molecular weight excluding hydrogens is 253 g/mol. The molecule has 3 heterocycles. The first kappa shape index (κ1) is 12.6. The molecule has 1 unspecified atom stereocenters. The van der Waals surface area contributed by atoms with E-state index in [4.69, 9.17) is 4.74 Å². The molecule has 0 amide bonds. The Labute approximate surface area is 119 Å². The van der Waals surface area contributed by atoms with Crippen LogP contribution in [0.5, 0.6) is 5.75 Å². The molecule has 1 aliphatic carbocycles. The van der Waals surface area contributed by atoms with E-state index in [0.717, 1.165) is 48.7 Å². The van der Waals surface area contributed by atoms with Crippen LogP contribution < -0.4 is 4.74 Å². The van der Waals surface area contributed by atoms with Crippen molar-refractivity contribution in [2.24, 2.45) is 11.8 Å². The van der Waals surface area contributed by atoms with Crippen molar-refractivity contribution in [3.8, 4) is 5.75 Å². The van der Waals surface area contributed by atoms with E-state index in [2.05, 4.69) is 4.90 Å². The number of fused-ring (bicyclic) bond motifs is 4. The molecule has 0 spiro atoms. The summed E-state index contributed by atoms with van der Waals surface area (Å²) in [4.78, 5) is 2.56. The molecule has 3 heteroatoms. The number of hydrogen-bond donors (Lipinski definition) is 0. The average molecular weight is 275 g/mol. The van der Waals surface area contributed by atoms with Crippen LogP contribution in [0.4, 0.5) is 4.39 Å². The standard InChI is InChI=1S/C17H22FNO/c18-16-4-5-17(15-3-1-2-14(15)16)20-11-13-10-19-8-6-12(13)7-9-19/h4-5,12-13H,1-3,6-11H2. The Morgan fingerprint density at radius 1 is 1.15 bits per heavy atom. The van der Waals surface area contributed by atoms with E-state index in [1.165, 1.54) is 32.5 Å². The molecule has 1 aromatic rings. The van der Waals surface area contributed by atoms with Gasteiger partial charge in [0.25, 0.3) is 0 Å². The van der Waals surface area contributed by atoms with E-state index in [9.17, 15) is 4.39 Å². The number of piperidine rings is 3. The van der Waals surface area contributed by atoms with Crippen LogP contribution in [0, 0.1) is 17.7 Å². The van der Waals surface area contributed by atoms with E-state index in [0.29, 0.717) is 5.92 Å². The van der Waals surface area contributed by atoms with Gasteiger partial charge in [-0.15, -0.1) is 0 Å². The van der Waals surface area contributed by atoms with Crippen molar-refractivity contribution in [2.45, 2.75) is 32.1 Å². The third-order valence-corrected chi connectivity index (χ3v) is 5.43. The summed E-state index contributed by atoms with van der Waals surface area (Å²) in [6.45, 7) is 4.54. The highest BCUT2D eigenvalue weighted by Gasteiger charge is 2.34. The molecule has 0 aromatic heterocycles. The van der Waals surface area contributed by atoms with E-state index in [1.807, 2.05) is 6.07 Å². The molecule has 2 bridgehead atoms. The fraction of sp³-hybridized carbons (Fsp3) is 0.647. The van der Waals surface area contributed by atoms with Crippen LogP contribution in [0.3, 0.4) is 0 Å². The molecule has 3 saturated heterocycles. The van der Waals surface area contributed by atoms with Gasteiger partial charge >= 0.3 is 0 Å². The molecule has 5 rings (SSSR count).